The molecule has 0 aliphatic heterocycles. The second-order valence-electron chi connectivity index (χ2n) is 9.17. The van der Waals surface area contributed by atoms with E-state index in [9.17, 15) is 4.79 Å². The van der Waals surface area contributed by atoms with Gasteiger partial charge in [-0.1, -0.05) is 27.7 Å². The third-order valence-corrected chi connectivity index (χ3v) is 11.3. The Morgan fingerprint density at radius 1 is 1.48 bits per heavy atom. The smallest absolute Gasteiger partial charge is 0.349 e. The van der Waals surface area contributed by atoms with Crippen molar-refractivity contribution in [2.45, 2.75) is 77.0 Å². The molecule has 2 N–H and O–H groups in total. The molecule has 1 aromatic heterocycles. The highest BCUT2D eigenvalue weighted by molar-refractivity contribution is 6.74. The number of anilines is 1. The lowest BCUT2D eigenvalue weighted by molar-refractivity contribution is 0.0379. The Kier molecular flexibility index (Phi) is 4.19. The maximum Gasteiger partial charge on any atom is 0.349 e. The van der Waals surface area contributed by atoms with E-state index < -0.39 is 32.3 Å². The van der Waals surface area contributed by atoms with Crippen LogP contribution in [0.1, 0.15) is 46.6 Å². The number of hydrogen-bond donors (Lipinski definition) is 1. The van der Waals surface area contributed by atoms with Crippen molar-refractivity contribution in [1.82, 2.24) is 9.55 Å². The average Bonchev–Trinajstić information content (AvgIpc) is 3.16. The molecule has 5 nitrogen and oxygen atoms in total. The Labute approximate surface area is 149 Å². The van der Waals surface area contributed by atoms with Crippen LogP contribution in [0.25, 0.3) is 0 Å². The van der Waals surface area contributed by atoms with Crippen LogP contribution >= 0.6 is 0 Å². The fourth-order valence-electron chi connectivity index (χ4n) is 4.14. The van der Waals surface area contributed by atoms with Crippen molar-refractivity contribution >= 4 is 14.1 Å². The van der Waals surface area contributed by atoms with E-state index in [1.54, 1.807) is 12.3 Å². The molecule has 0 saturated heterocycles. The van der Waals surface area contributed by atoms with E-state index >= 15 is 4.39 Å². The fourth-order valence-corrected chi connectivity index (χ4v) is 5.49. The summed E-state index contributed by atoms with van der Waals surface area (Å²) < 4.78 is 23.5. The molecular formula is C18H30FN3O2Si. The van der Waals surface area contributed by atoms with Crippen LogP contribution in [0, 0.1) is 11.3 Å². The van der Waals surface area contributed by atoms with Crippen LogP contribution < -0.4 is 11.4 Å². The number of aromatic nitrogens is 2. The van der Waals surface area contributed by atoms with Crippen LogP contribution in [0.2, 0.25) is 18.1 Å². The largest absolute Gasteiger partial charge is 0.410 e. The Morgan fingerprint density at radius 2 is 2.12 bits per heavy atom. The molecule has 140 valence electrons. The fraction of sp³-hybridized carbons (Fsp3) is 0.778. The summed E-state index contributed by atoms with van der Waals surface area (Å²) in [6.07, 6.45) is 1.71. The van der Waals surface area contributed by atoms with Crippen LogP contribution in [0.4, 0.5) is 10.2 Å². The zero-order valence-corrected chi connectivity index (χ0v) is 17.0. The molecule has 0 unspecified atom stereocenters. The topological polar surface area (TPSA) is 70.1 Å². The minimum absolute atomic E-state index is 0.0176. The maximum atomic E-state index is 15.5. The first kappa shape index (κ1) is 18.6. The number of nitrogens with two attached hydrogens (primary N) is 1. The van der Waals surface area contributed by atoms with Gasteiger partial charge < -0.3 is 10.2 Å². The molecule has 2 fully saturated rings. The quantitative estimate of drug-likeness (QED) is 0.827. The Morgan fingerprint density at radius 3 is 2.64 bits per heavy atom. The lowest BCUT2D eigenvalue weighted by Gasteiger charge is -2.41. The molecule has 0 amide bonds. The maximum absolute atomic E-state index is 15.5. The SMILES string of the molecule is CC[C@@]12C[C@@H]1[C@@H](n1ccc(N)nc1=O)[C@H](F)[C@@H]2O[Si](C)(C)C(C)(C)C. The van der Waals surface area contributed by atoms with Gasteiger partial charge in [0.25, 0.3) is 0 Å². The summed E-state index contributed by atoms with van der Waals surface area (Å²) in [4.78, 5) is 16.0. The predicted molar refractivity (Wildman–Crippen MR) is 99.7 cm³/mol. The van der Waals surface area contributed by atoms with Crippen molar-refractivity contribution in [2.24, 2.45) is 11.3 Å². The van der Waals surface area contributed by atoms with E-state index in [1.807, 2.05) is 0 Å². The molecular weight excluding hydrogens is 337 g/mol. The molecule has 1 heterocycles. The lowest BCUT2D eigenvalue weighted by Crippen LogP contribution is -2.49. The molecule has 7 heteroatoms. The van der Waals surface area contributed by atoms with E-state index in [0.29, 0.717) is 0 Å². The molecule has 2 aliphatic rings. The van der Waals surface area contributed by atoms with Crippen molar-refractivity contribution in [3.63, 3.8) is 0 Å². The number of fused-ring (bicyclic) bond motifs is 1. The van der Waals surface area contributed by atoms with Crippen molar-refractivity contribution in [1.29, 1.82) is 0 Å². The van der Waals surface area contributed by atoms with Crippen molar-refractivity contribution in [3.05, 3.63) is 22.7 Å². The Balaban J connectivity index is 1.95. The molecule has 0 spiro atoms. The Hall–Kier alpha value is -1.21. The van der Waals surface area contributed by atoms with Crippen LogP contribution in [0.15, 0.2) is 17.1 Å². The standard InChI is InChI=1S/C18H30FN3O2Si/c1-7-18-10-11(18)14(22-9-8-12(20)21-16(22)23)13(19)15(18)24-25(5,6)17(2,3)4/h8-9,11,13-15H,7,10H2,1-6H3,(H2,20,21,23)/t11-,13+,14-,15+,18-/m1/s1. The number of nitrogens with zero attached hydrogens (tertiary/aromatic N) is 2. The van der Waals surface area contributed by atoms with Gasteiger partial charge in [0.1, 0.15) is 12.0 Å². The summed E-state index contributed by atoms with van der Waals surface area (Å²) in [6.45, 7) is 12.9. The van der Waals surface area contributed by atoms with Gasteiger partial charge in [0.05, 0.1) is 12.1 Å². The number of nitrogen functional groups attached to an aromatic ring is 1. The van der Waals surface area contributed by atoms with E-state index in [0.717, 1.165) is 12.8 Å². The molecule has 5 atom stereocenters. The van der Waals surface area contributed by atoms with Crippen LogP contribution in [0.3, 0.4) is 0 Å². The first-order chi connectivity index (χ1) is 11.4. The number of rotatable bonds is 4. The van der Waals surface area contributed by atoms with E-state index in [-0.39, 0.29) is 22.2 Å². The summed E-state index contributed by atoms with van der Waals surface area (Å²) in [6, 6.07) is 1.06. The van der Waals surface area contributed by atoms with Crippen LogP contribution in [-0.4, -0.2) is 30.1 Å². The molecule has 25 heavy (non-hydrogen) atoms. The third kappa shape index (κ3) is 2.75. The summed E-state index contributed by atoms with van der Waals surface area (Å²) in [5.74, 6) is 0.298. The van der Waals surface area contributed by atoms with Gasteiger partial charge >= 0.3 is 5.69 Å². The van der Waals surface area contributed by atoms with Gasteiger partial charge in [0.15, 0.2) is 8.32 Å². The zero-order chi connectivity index (χ0) is 18.8. The zero-order valence-electron chi connectivity index (χ0n) is 16.0. The van der Waals surface area contributed by atoms with Gasteiger partial charge in [-0.15, -0.1) is 0 Å². The molecule has 0 radical (unpaired) electrons. The number of alkyl halides is 1. The molecule has 1 aromatic rings. The second kappa shape index (κ2) is 5.64. The first-order valence-corrected chi connectivity index (χ1v) is 12.0. The Bertz CT molecular complexity index is 730. The highest BCUT2D eigenvalue weighted by Crippen LogP contribution is 2.71. The van der Waals surface area contributed by atoms with Gasteiger partial charge in [0, 0.05) is 11.6 Å². The first-order valence-electron chi connectivity index (χ1n) is 9.11. The average molecular weight is 368 g/mol. The van der Waals surface area contributed by atoms with Crippen molar-refractivity contribution in [2.75, 3.05) is 5.73 Å². The number of hydrogen-bond acceptors (Lipinski definition) is 4. The van der Waals surface area contributed by atoms with E-state index in [4.69, 9.17) is 10.2 Å². The van der Waals surface area contributed by atoms with Gasteiger partial charge in [-0.25, -0.2) is 9.18 Å². The molecule has 0 aromatic carbocycles. The van der Waals surface area contributed by atoms with Crippen molar-refractivity contribution in [3.8, 4) is 0 Å². The van der Waals surface area contributed by atoms with Gasteiger partial charge in [0.2, 0.25) is 0 Å². The van der Waals surface area contributed by atoms with Crippen molar-refractivity contribution < 1.29 is 8.82 Å². The molecule has 3 rings (SSSR count). The minimum atomic E-state index is -2.11. The van der Waals surface area contributed by atoms with E-state index in [1.165, 1.54) is 4.57 Å². The highest BCUT2D eigenvalue weighted by atomic mass is 28.4. The molecule has 2 aliphatic carbocycles. The summed E-state index contributed by atoms with van der Waals surface area (Å²) in [5.41, 5.74) is 4.95. The summed E-state index contributed by atoms with van der Waals surface area (Å²) in [5, 5.41) is 0.0176. The van der Waals surface area contributed by atoms with Gasteiger partial charge in [-0.05, 0) is 43.0 Å². The predicted octanol–water partition coefficient (Wildman–Crippen LogP) is 3.53. The minimum Gasteiger partial charge on any atom is -0.410 e. The normalized spacial score (nSPS) is 34.8. The van der Waals surface area contributed by atoms with E-state index in [2.05, 4.69) is 45.8 Å². The van der Waals surface area contributed by atoms with Crippen LogP contribution in [0.5, 0.6) is 0 Å². The summed E-state index contributed by atoms with van der Waals surface area (Å²) >= 11 is 0. The molecule has 2 saturated carbocycles. The monoisotopic (exact) mass is 367 g/mol. The summed E-state index contributed by atoms with van der Waals surface area (Å²) in [7, 11) is -2.11. The third-order valence-electron chi connectivity index (χ3n) is 6.83. The van der Waals surface area contributed by atoms with Gasteiger partial charge in [-0.2, -0.15) is 4.98 Å². The van der Waals surface area contributed by atoms with Gasteiger partial charge in [-0.3, -0.25) is 4.57 Å². The number of halogens is 1. The highest BCUT2D eigenvalue weighted by Gasteiger charge is 2.72. The van der Waals surface area contributed by atoms with Crippen LogP contribution in [-0.2, 0) is 4.43 Å². The molecule has 0 bridgehead atoms. The second-order valence-corrected chi connectivity index (χ2v) is 13.9. The lowest BCUT2D eigenvalue weighted by atomic mass is 9.97.